The Hall–Kier alpha value is -1.79. The minimum absolute atomic E-state index is 0. The Labute approximate surface area is 107 Å². The third-order valence-electron chi connectivity index (χ3n) is 2.12. The second-order valence-corrected chi connectivity index (χ2v) is 4.81. The van der Waals surface area contributed by atoms with Crippen LogP contribution in [0.1, 0.15) is 11.1 Å². The second-order valence-electron chi connectivity index (χ2n) is 3.46. The SMILES string of the molecule is C=CC(=O)Oc1cc(C)c(S(=O)(=O)[O-])cc1C.[CH3+]. The fourth-order valence-corrected chi connectivity index (χ4v) is 2.07. The summed E-state index contributed by atoms with van der Waals surface area (Å²) in [6.07, 6.45) is 0.993. The number of hydrogen-bond donors (Lipinski definition) is 0. The van der Waals surface area contributed by atoms with Crippen molar-refractivity contribution in [1.82, 2.24) is 0 Å². The van der Waals surface area contributed by atoms with Gasteiger partial charge in [-0.15, -0.1) is 0 Å². The predicted molar refractivity (Wildman–Crippen MR) is 66.1 cm³/mol. The van der Waals surface area contributed by atoms with Gasteiger partial charge in [0.1, 0.15) is 15.9 Å². The average Bonchev–Trinajstić information content (AvgIpc) is 2.21. The normalized spacial score (nSPS) is 10.4. The monoisotopic (exact) mass is 270 g/mol. The average molecular weight is 270 g/mol. The first-order valence-electron chi connectivity index (χ1n) is 4.67. The lowest BCUT2D eigenvalue weighted by atomic mass is 10.1. The molecule has 1 aromatic carbocycles. The molecule has 0 fully saturated rings. The largest absolute Gasteiger partial charge is 0.744 e. The molecule has 1 rings (SSSR count). The van der Waals surface area contributed by atoms with Gasteiger partial charge in [0.05, 0.1) is 4.90 Å². The topological polar surface area (TPSA) is 83.5 Å². The summed E-state index contributed by atoms with van der Waals surface area (Å²) >= 11 is 0. The van der Waals surface area contributed by atoms with Crippen molar-refractivity contribution in [3.63, 3.8) is 0 Å². The van der Waals surface area contributed by atoms with Crippen LogP contribution in [-0.2, 0) is 14.9 Å². The van der Waals surface area contributed by atoms with Crippen LogP contribution in [-0.4, -0.2) is 18.9 Å². The number of rotatable bonds is 3. The van der Waals surface area contributed by atoms with Gasteiger partial charge in [-0.3, -0.25) is 0 Å². The fourth-order valence-electron chi connectivity index (χ4n) is 1.29. The van der Waals surface area contributed by atoms with Crippen LogP contribution < -0.4 is 4.74 Å². The summed E-state index contributed by atoms with van der Waals surface area (Å²) in [5.74, 6) is -0.440. The molecule has 0 atom stereocenters. The van der Waals surface area contributed by atoms with E-state index < -0.39 is 16.1 Å². The molecule has 0 spiro atoms. The van der Waals surface area contributed by atoms with E-state index in [0.717, 1.165) is 6.08 Å². The first-order valence-corrected chi connectivity index (χ1v) is 6.08. The summed E-state index contributed by atoms with van der Waals surface area (Å²) in [5, 5.41) is 0. The van der Waals surface area contributed by atoms with Gasteiger partial charge < -0.3 is 9.29 Å². The Balaban J connectivity index is 0.00000289. The van der Waals surface area contributed by atoms with Crippen molar-refractivity contribution in [1.29, 1.82) is 0 Å². The highest BCUT2D eigenvalue weighted by molar-refractivity contribution is 7.85. The van der Waals surface area contributed by atoms with Gasteiger partial charge in [-0.1, -0.05) is 6.58 Å². The number of hydrogen-bond acceptors (Lipinski definition) is 5. The quantitative estimate of drug-likeness (QED) is 0.275. The fraction of sp³-hybridized carbons (Fsp3) is 0.167. The van der Waals surface area contributed by atoms with Crippen molar-refractivity contribution in [2.45, 2.75) is 18.7 Å². The first kappa shape index (κ1) is 16.2. The van der Waals surface area contributed by atoms with Crippen LogP contribution in [0.25, 0.3) is 0 Å². The molecule has 0 aliphatic rings. The molecule has 0 aliphatic carbocycles. The maximum absolute atomic E-state index is 11.0. The second kappa shape index (κ2) is 5.70. The van der Waals surface area contributed by atoms with Crippen molar-refractivity contribution < 1.29 is 22.5 Å². The Morgan fingerprint density at radius 1 is 1.33 bits per heavy atom. The van der Waals surface area contributed by atoms with Crippen molar-refractivity contribution in [2.24, 2.45) is 0 Å². The molecule has 0 radical (unpaired) electrons. The van der Waals surface area contributed by atoms with Gasteiger partial charge in [0.2, 0.25) is 0 Å². The first-order chi connectivity index (χ1) is 7.75. The molecule has 98 valence electrons. The van der Waals surface area contributed by atoms with Crippen molar-refractivity contribution in [3.8, 4) is 5.75 Å². The Kier molecular flexibility index (Phi) is 5.13. The highest BCUT2D eigenvalue weighted by atomic mass is 32.2. The van der Waals surface area contributed by atoms with E-state index in [2.05, 4.69) is 6.58 Å². The third kappa shape index (κ3) is 3.61. The summed E-state index contributed by atoms with van der Waals surface area (Å²) in [7, 11) is -4.52. The number of ether oxygens (including phenoxy) is 1. The number of aryl methyl sites for hydroxylation is 2. The van der Waals surface area contributed by atoms with E-state index in [-0.39, 0.29) is 23.6 Å². The lowest BCUT2D eigenvalue weighted by molar-refractivity contribution is -0.129. The predicted octanol–water partition coefficient (Wildman–Crippen LogP) is 1.75. The van der Waals surface area contributed by atoms with Crippen LogP contribution in [0.4, 0.5) is 0 Å². The van der Waals surface area contributed by atoms with Crippen molar-refractivity contribution in [3.05, 3.63) is 43.3 Å². The van der Waals surface area contributed by atoms with E-state index in [1.807, 2.05) is 0 Å². The number of carbonyl (C=O) groups excluding carboxylic acids is 1. The molecule has 1 aromatic rings. The molecule has 18 heavy (non-hydrogen) atoms. The maximum atomic E-state index is 11.0. The number of benzene rings is 1. The zero-order chi connectivity index (χ0) is 13.2. The van der Waals surface area contributed by atoms with Crippen LogP contribution in [0.15, 0.2) is 29.7 Å². The molecule has 0 amide bonds. The minimum atomic E-state index is -4.52. The van der Waals surface area contributed by atoms with E-state index in [1.54, 1.807) is 6.92 Å². The molecule has 0 saturated heterocycles. The molecule has 0 heterocycles. The molecule has 0 aliphatic heterocycles. The lowest BCUT2D eigenvalue weighted by Gasteiger charge is -2.13. The van der Waals surface area contributed by atoms with E-state index in [0.29, 0.717) is 5.56 Å². The molecule has 0 N–H and O–H groups in total. The van der Waals surface area contributed by atoms with E-state index >= 15 is 0 Å². The van der Waals surface area contributed by atoms with Crippen LogP contribution in [0.5, 0.6) is 5.75 Å². The molecule has 5 nitrogen and oxygen atoms in total. The maximum Gasteiger partial charge on any atom is 0.335 e. The molecule has 0 aromatic heterocycles. The van der Waals surface area contributed by atoms with E-state index in [9.17, 15) is 17.8 Å². The van der Waals surface area contributed by atoms with Gasteiger partial charge >= 0.3 is 5.97 Å². The van der Waals surface area contributed by atoms with Crippen molar-refractivity contribution in [2.75, 3.05) is 0 Å². The van der Waals surface area contributed by atoms with Crippen LogP contribution in [0.3, 0.4) is 0 Å². The van der Waals surface area contributed by atoms with Gasteiger partial charge in [-0.25, -0.2) is 13.2 Å². The summed E-state index contributed by atoms with van der Waals surface area (Å²) < 4.78 is 37.6. The summed E-state index contributed by atoms with van der Waals surface area (Å²) in [4.78, 5) is 10.7. The van der Waals surface area contributed by atoms with Crippen LogP contribution in [0, 0.1) is 21.3 Å². The van der Waals surface area contributed by atoms with Crippen LogP contribution >= 0.6 is 0 Å². The Morgan fingerprint density at radius 3 is 2.33 bits per heavy atom. The zero-order valence-electron chi connectivity index (χ0n) is 10.4. The van der Waals surface area contributed by atoms with Gasteiger partial charge in [-0.05, 0) is 37.1 Å². The summed E-state index contributed by atoms with van der Waals surface area (Å²) in [5.41, 5.74) is 0.623. The minimum Gasteiger partial charge on any atom is -0.744 e. The van der Waals surface area contributed by atoms with Crippen molar-refractivity contribution >= 4 is 16.1 Å². The molecule has 0 saturated carbocycles. The number of carbonyl (C=O) groups is 1. The molecular formula is C12H14O5S. The Bertz CT molecular complexity index is 572. The Morgan fingerprint density at radius 2 is 1.89 bits per heavy atom. The molecule has 0 bridgehead atoms. The standard InChI is InChI=1S/C11H12O5S.CH3/c1-4-11(12)16-9-5-8(3)10(6-7(9)2)17(13,14)15;/h4-6H,1H2,2-3H3,(H,13,14,15);1H3/q;+1/p-1. The molecule has 0 unspecified atom stereocenters. The van der Waals surface area contributed by atoms with Gasteiger partial charge in [0, 0.05) is 13.5 Å². The summed E-state index contributed by atoms with van der Waals surface area (Å²) in [6, 6.07) is 2.52. The highest BCUT2D eigenvalue weighted by Crippen LogP contribution is 2.25. The molecular weight excluding hydrogens is 256 g/mol. The van der Waals surface area contributed by atoms with Gasteiger partial charge in [0.25, 0.3) is 0 Å². The molecule has 6 heteroatoms. The van der Waals surface area contributed by atoms with E-state index in [4.69, 9.17) is 4.74 Å². The highest BCUT2D eigenvalue weighted by Gasteiger charge is 2.11. The third-order valence-corrected chi connectivity index (χ3v) is 3.10. The van der Waals surface area contributed by atoms with Crippen LogP contribution in [0.2, 0.25) is 0 Å². The zero-order valence-corrected chi connectivity index (χ0v) is 11.2. The van der Waals surface area contributed by atoms with Gasteiger partial charge in [0.15, 0.2) is 0 Å². The number of esters is 1. The van der Waals surface area contributed by atoms with E-state index in [1.165, 1.54) is 19.1 Å². The van der Waals surface area contributed by atoms with Gasteiger partial charge in [-0.2, -0.15) is 0 Å². The summed E-state index contributed by atoms with van der Waals surface area (Å²) in [6.45, 7) is 6.24. The lowest BCUT2D eigenvalue weighted by Crippen LogP contribution is -2.07. The smallest absolute Gasteiger partial charge is 0.335 e.